The molecule has 1 fully saturated rings. The number of hydrogen-bond donors (Lipinski definition) is 0. The Balaban J connectivity index is 1.91. The molecule has 1 aliphatic heterocycles. The van der Waals surface area contributed by atoms with E-state index in [1.165, 1.54) is 0 Å². The van der Waals surface area contributed by atoms with Crippen molar-refractivity contribution in [3.63, 3.8) is 0 Å². The molecule has 1 heterocycles. The third-order valence-corrected chi connectivity index (χ3v) is 4.58. The van der Waals surface area contributed by atoms with Crippen LogP contribution in [0.4, 0.5) is 0 Å². The van der Waals surface area contributed by atoms with Crippen LogP contribution in [0.5, 0.6) is 0 Å². The molecule has 2 aliphatic rings. The van der Waals surface area contributed by atoms with Crippen LogP contribution in [0.3, 0.4) is 0 Å². The Morgan fingerprint density at radius 2 is 1.68 bits per heavy atom. The molecule has 1 aromatic carbocycles. The average Bonchev–Trinajstić information content (AvgIpc) is 2.78. The number of benzene rings is 1. The van der Waals surface area contributed by atoms with Crippen molar-refractivity contribution in [2.75, 3.05) is 0 Å². The summed E-state index contributed by atoms with van der Waals surface area (Å²) in [6.45, 7) is 8.18. The van der Waals surface area contributed by atoms with E-state index in [1.807, 2.05) is 39.8 Å². The quantitative estimate of drug-likeness (QED) is 0.724. The smallest absolute Gasteiger partial charge is 0.399 e. The van der Waals surface area contributed by atoms with E-state index in [9.17, 15) is 4.79 Å². The van der Waals surface area contributed by atoms with Crippen LogP contribution in [0.25, 0.3) is 0 Å². The van der Waals surface area contributed by atoms with Gasteiger partial charge in [-0.05, 0) is 45.1 Å². The summed E-state index contributed by atoms with van der Waals surface area (Å²) in [6, 6.07) is 5.91. The van der Waals surface area contributed by atoms with Crippen molar-refractivity contribution in [3.8, 4) is 0 Å². The third-order valence-electron chi connectivity index (χ3n) is 4.58. The van der Waals surface area contributed by atoms with E-state index in [-0.39, 0.29) is 24.1 Å². The summed E-state index contributed by atoms with van der Waals surface area (Å²) in [5.74, 6) is 0.246. The molecule has 0 radical (unpaired) electrons. The van der Waals surface area contributed by atoms with Gasteiger partial charge in [-0.2, -0.15) is 0 Å². The standard InChI is InChI=1S/C15H19BO3/c1-14(2)15(3,4)19-16(18-14)11-6-7-12-10(9-11)5-8-13(12)17/h6-7,9H,5,8H2,1-4H3. The maximum absolute atomic E-state index is 11.6. The molecule has 0 aromatic heterocycles. The highest BCUT2D eigenvalue weighted by molar-refractivity contribution is 6.62. The highest BCUT2D eigenvalue weighted by Crippen LogP contribution is 2.36. The first kappa shape index (κ1) is 12.9. The molecular weight excluding hydrogens is 239 g/mol. The Morgan fingerprint density at radius 1 is 1.05 bits per heavy atom. The molecule has 1 aliphatic carbocycles. The fraction of sp³-hybridized carbons (Fsp3) is 0.533. The van der Waals surface area contributed by atoms with Gasteiger partial charge in [0.1, 0.15) is 0 Å². The fourth-order valence-electron chi connectivity index (χ4n) is 2.60. The summed E-state index contributed by atoms with van der Waals surface area (Å²) in [4.78, 5) is 11.6. The molecule has 0 N–H and O–H groups in total. The second-order valence-electron chi connectivity index (χ2n) is 6.43. The second kappa shape index (κ2) is 3.93. The Hall–Kier alpha value is -1.13. The van der Waals surface area contributed by atoms with Crippen LogP contribution in [-0.4, -0.2) is 24.1 Å². The predicted octanol–water partition coefficient (Wildman–Crippen LogP) is 2.11. The number of fused-ring (bicyclic) bond motifs is 1. The van der Waals surface area contributed by atoms with Crippen molar-refractivity contribution in [3.05, 3.63) is 29.3 Å². The predicted molar refractivity (Wildman–Crippen MR) is 74.8 cm³/mol. The van der Waals surface area contributed by atoms with Gasteiger partial charge in [-0.1, -0.05) is 18.2 Å². The molecule has 1 aromatic rings. The minimum atomic E-state index is -0.342. The van der Waals surface area contributed by atoms with Crippen LogP contribution in [0.2, 0.25) is 0 Å². The zero-order valence-electron chi connectivity index (χ0n) is 11.9. The molecular formula is C15H19BO3. The molecule has 3 nitrogen and oxygen atoms in total. The zero-order valence-corrected chi connectivity index (χ0v) is 11.9. The SMILES string of the molecule is CC1(C)OB(c2ccc3c(c2)CCC3=O)OC1(C)C. The number of carbonyl (C=O) groups is 1. The maximum Gasteiger partial charge on any atom is 0.494 e. The van der Waals surface area contributed by atoms with E-state index < -0.39 is 0 Å². The van der Waals surface area contributed by atoms with Gasteiger partial charge < -0.3 is 9.31 Å². The maximum atomic E-state index is 11.6. The molecule has 0 amide bonds. The van der Waals surface area contributed by atoms with E-state index in [0.29, 0.717) is 6.42 Å². The minimum absolute atomic E-state index is 0.246. The van der Waals surface area contributed by atoms with E-state index in [1.54, 1.807) is 0 Å². The highest BCUT2D eigenvalue weighted by Gasteiger charge is 2.51. The van der Waals surface area contributed by atoms with Crippen LogP contribution in [0, 0.1) is 0 Å². The van der Waals surface area contributed by atoms with E-state index in [0.717, 1.165) is 23.0 Å². The summed E-state index contributed by atoms with van der Waals surface area (Å²) < 4.78 is 12.1. The topological polar surface area (TPSA) is 35.5 Å². The molecule has 1 saturated heterocycles. The summed E-state index contributed by atoms with van der Waals surface area (Å²) in [5.41, 5.74) is 2.34. The average molecular weight is 258 g/mol. The Bertz CT molecular complexity index is 532. The van der Waals surface area contributed by atoms with Gasteiger partial charge in [0.05, 0.1) is 11.2 Å². The zero-order chi connectivity index (χ0) is 13.8. The monoisotopic (exact) mass is 258 g/mol. The van der Waals surface area contributed by atoms with Crippen LogP contribution in [0.1, 0.15) is 50.0 Å². The molecule has 0 atom stereocenters. The van der Waals surface area contributed by atoms with Crippen molar-refractivity contribution in [2.45, 2.75) is 51.7 Å². The highest BCUT2D eigenvalue weighted by atomic mass is 16.7. The van der Waals surface area contributed by atoms with Crippen LogP contribution >= 0.6 is 0 Å². The molecule has 0 spiro atoms. The lowest BCUT2D eigenvalue weighted by molar-refractivity contribution is 0.00578. The van der Waals surface area contributed by atoms with Crippen molar-refractivity contribution >= 4 is 18.4 Å². The molecule has 0 unspecified atom stereocenters. The molecule has 0 bridgehead atoms. The van der Waals surface area contributed by atoms with Crippen molar-refractivity contribution in [2.24, 2.45) is 0 Å². The second-order valence-corrected chi connectivity index (χ2v) is 6.43. The largest absolute Gasteiger partial charge is 0.494 e. The van der Waals surface area contributed by atoms with E-state index in [4.69, 9.17) is 9.31 Å². The van der Waals surface area contributed by atoms with Crippen molar-refractivity contribution < 1.29 is 14.1 Å². The van der Waals surface area contributed by atoms with Crippen LogP contribution in [-0.2, 0) is 15.7 Å². The lowest BCUT2D eigenvalue weighted by Gasteiger charge is -2.32. The summed E-state index contributed by atoms with van der Waals surface area (Å²) >= 11 is 0. The van der Waals surface area contributed by atoms with Gasteiger partial charge >= 0.3 is 7.12 Å². The minimum Gasteiger partial charge on any atom is -0.399 e. The normalized spacial score (nSPS) is 23.8. The number of ketones is 1. The lowest BCUT2D eigenvalue weighted by atomic mass is 9.78. The van der Waals surface area contributed by atoms with E-state index in [2.05, 4.69) is 6.07 Å². The first-order valence-electron chi connectivity index (χ1n) is 6.82. The first-order valence-corrected chi connectivity index (χ1v) is 6.82. The van der Waals surface area contributed by atoms with Gasteiger partial charge in [0.25, 0.3) is 0 Å². The lowest BCUT2D eigenvalue weighted by Crippen LogP contribution is -2.41. The fourth-order valence-corrected chi connectivity index (χ4v) is 2.60. The molecule has 0 saturated carbocycles. The molecule has 19 heavy (non-hydrogen) atoms. The molecule has 3 rings (SSSR count). The Kier molecular flexibility index (Phi) is 2.67. The van der Waals surface area contributed by atoms with Gasteiger partial charge in [0.15, 0.2) is 5.78 Å². The number of hydrogen-bond acceptors (Lipinski definition) is 3. The number of aryl methyl sites for hydroxylation is 1. The van der Waals surface area contributed by atoms with Crippen LogP contribution < -0.4 is 5.46 Å². The van der Waals surface area contributed by atoms with Crippen LogP contribution in [0.15, 0.2) is 18.2 Å². The molecule has 4 heteroatoms. The van der Waals surface area contributed by atoms with Gasteiger partial charge in [-0.3, -0.25) is 4.79 Å². The number of carbonyl (C=O) groups excluding carboxylic acids is 1. The van der Waals surface area contributed by atoms with Gasteiger partial charge in [-0.15, -0.1) is 0 Å². The van der Waals surface area contributed by atoms with Gasteiger partial charge in [0, 0.05) is 12.0 Å². The number of rotatable bonds is 1. The molecule has 100 valence electrons. The number of Topliss-reactive ketones (excluding diaryl/α,β-unsaturated/α-hetero) is 1. The summed E-state index contributed by atoms with van der Waals surface area (Å²) in [6.07, 6.45) is 1.46. The Labute approximate surface area is 114 Å². The van der Waals surface area contributed by atoms with Crippen molar-refractivity contribution in [1.29, 1.82) is 0 Å². The van der Waals surface area contributed by atoms with E-state index >= 15 is 0 Å². The van der Waals surface area contributed by atoms with Gasteiger partial charge in [0.2, 0.25) is 0 Å². The third kappa shape index (κ3) is 1.94. The van der Waals surface area contributed by atoms with Gasteiger partial charge in [-0.25, -0.2) is 0 Å². The first-order chi connectivity index (χ1) is 8.80. The summed E-state index contributed by atoms with van der Waals surface area (Å²) in [5, 5.41) is 0. The van der Waals surface area contributed by atoms with Crippen molar-refractivity contribution in [1.82, 2.24) is 0 Å². The summed E-state index contributed by atoms with van der Waals surface area (Å²) in [7, 11) is -0.342. The Morgan fingerprint density at radius 3 is 2.32 bits per heavy atom.